The molecule has 1 heterocycles. The van der Waals surface area contributed by atoms with Gasteiger partial charge in [-0.15, -0.1) is 10.2 Å². The quantitative estimate of drug-likeness (QED) is 0.571. The maximum Gasteiger partial charge on any atom is 0.195 e. The van der Waals surface area contributed by atoms with Crippen molar-refractivity contribution in [1.82, 2.24) is 19.7 Å². The van der Waals surface area contributed by atoms with E-state index in [0.29, 0.717) is 22.7 Å². The van der Waals surface area contributed by atoms with Crippen molar-refractivity contribution in [3.05, 3.63) is 76.3 Å². The molecule has 0 aliphatic rings. The number of ketones is 1. The normalized spacial score (nSPS) is 11.1. The molecule has 0 radical (unpaired) electrons. The molecule has 0 N–H and O–H groups in total. The first-order valence-corrected chi connectivity index (χ1v) is 9.45. The Morgan fingerprint density at radius 1 is 1.07 bits per heavy atom. The van der Waals surface area contributed by atoms with Crippen LogP contribution in [0.4, 0.5) is 0 Å². The summed E-state index contributed by atoms with van der Waals surface area (Å²) < 4.78 is 1.95. The summed E-state index contributed by atoms with van der Waals surface area (Å²) in [6.45, 7) is 8.62. The van der Waals surface area contributed by atoms with E-state index >= 15 is 0 Å². The van der Waals surface area contributed by atoms with Gasteiger partial charge in [0.05, 0.1) is 12.2 Å². The molecule has 0 aliphatic heterocycles. The predicted octanol–water partition coefficient (Wildman–Crippen LogP) is 4.30. The summed E-state index contributed by atoms with van der Waals surface area (Å²) in [5.41, 5.74) is 1.91. The third-order valence-corrected chi connectivity index (χ3v) is 4.87. The first-order chi connectivity index (χ1) is 13.0. The summed E-state index contributed by atoms with van der Waals surface area (Å²) in [6, 6.07) is 14.6. The van der Waals surface area contributed by atoms with Crippen LogP contribution in [0.25, 0.3) is 5.69 Å². The fourth-order valence-corrected chi connectivity index (χ4v) is 3.27. The Kier molecular flexibility index (Phi) is 6.04. The first kappa shape index (κ1) is 19.3. The van der Waals surface area contributed by atoms with Crippen LogP contribution in [0.5, 0.6) is 0 Å². The summed E-state index contributed by atoms with van der Waals surface area (Å²) in [5.74, 6) is 1.47. The van der Waals surface area contributed by atoms with E-state index in [-0.39, 0.29) is 5.78 Å². The molecule has 2 aromatic carbocycles. The summed E-state index contributed by atoms with van der Waals surface area (Å²) >= 11 is 6.22. The van der Waals surface area contributed by atoms with Gasteiger partial charge < -0.3 is 0 Å². The number of hydrogen-bond acceptors (Lipinski definition) is 4. The van der Waals surface area contributed by atoms with Crippen molar-refractivity contribution >= 4 is 17.4 Å². The van der Waals surface area contributed by atoms with Crippen molar-refractivity contribution < 1.29 is 4.79 Å². The zero-order valence-corrected chi connectivity index (χ0v) is 16.6. The highest BCUT2D eigenvalue weighted by molar-refractivity contribution is 6.31. The van der Waals surface area contributed by atoms with E-state index < -0.39 is 0 Å². The van der Waals surface area contributed by atoms with Gasteiger partial charge in [0.1, 0.15) is 5.82 Å². The molecule has 3 rings (SSSR count). The zero-order valence-electron chi connectivity index (χ0n) is 15.8. The molecule has 0 saturated carbocycles. The highest BCUT2D eigenvalue weighted by Gasteiger charge is 2.20. The number of nitrogens with zero attached hydrogens (tertiary/aromatic N) is 4. The van der Waals surface area contributed by atoms with Crippen LogP contribution in [0.1, 0.15) is 41.4 Å². The average Bonchev–Trinajstić information content (AvgIpc) is 3.06. The van der Waals surface area contributed by atoms with Gasteiger partial charge in [0, 0.05) is 16.1 Å². The van der Waals surface area contributed by atoms with E-state index in [4.69, 9.17) is 11.6 Å². The van der Waals surface area contributed by atoms with Gasteiger partial charge in [0.15, 0.2) is 11.6 Å². The van der Waals surface area contributed by atoms with Gasteiger partial charge in [-0.05, 0) is 38.2 Å². The van der Waals surface area contributed by atoms with Gasteiger partial charge in [-0.2, -0.15) is 0 Å². The van der Waals surface area contributed by atoms with E-state index in [1.54, 1.807) is 12.1 Å². The molecule has 6 heteroatoms. The lowest BCUT2D eigenvalue weighted by Crippen LogP contribution is -2.24. The predicted molar refractivity (Wildman–Crippen MR) is 108 cm³/mol. The SMILES string of the molecule is CCN(CC)Cc1nnc(C)n1-c1ccc(Cl)cc1C(=O)c1ccccc1. The van der Waals surface area contributed by atoms with Gasteiger partial charge in [0.25, 0.3) is 0 Å². The topological polar surface area (TPSA) is 51.0 Å². The molecule has 5 nitrogen and oxygen atoms in total. The maximum absolute atomic E-state index is 13.1. The van der Waals surface area contributed by atoms with Crippen molar-refractivity contribution in [2.45, 2.75) is 27.3 Å². The van der Waals surface area contributed by atoms with Crippen LogP contribution < -0.4 is 0 Å². The summed E-state index contributed by atoms with van der Waals surface area (Å²) in [7, 11) is 0. The lowest BCUT2D eigenvalue weighted by molar-refractivity contribution is 0.103. The highest BCUT2D eigenvalue weighted by atomic mass is 35.5. The number of carbonyl (C=O) groups is 1. The second-order valence-electron chi connectivity index (χ2n) is 6.32. The maximum atomic E-state index is 13.1. The molecule has 1 aromatic heterocycles. The molecule has 3 aromatic rings. The van der Waals surface area contributed by atoms with Crippen LogP contribution in [0, 0.1) is 6.92 Å². The van der Waals surface area contributed by atoms with Gasteiger partial charge in [-0.3, -0.25) is 14.3 Å². The number of carbonyl (C=O) groups excluding carboxylic acids is 1. The van der Waals surface area contributed by atoms with E-state index in [1.165, 1.54) is 0 Å². The molecular weight excluding hydrogens is 360 g/mol. The number of aromatic nitrogens is 3. The Bertz CT molecular complexity index is 933. The third-order valence-electron chi connectivity index (χ3n) is 4.63. The van der Waals surface area contributed by atoms with Gasteiger partial charge in [-0.25, -0.2) is 0 Å². The summed E-state index contributed by atoms with van der Waals surface area (Å²) in [5, 5.41) is 9.12. The van der Waals surface area contributed by atoms with Crippen LogP contribution in [-0.4, -0.2) is 38.5 Å². The van der Waals surface area contributed by atoms with E-state index in [0.717, 1.165) is 30.4 Å². The summed E-state index contributed by atoms with van der Waals surface area (Å²) in [4.78, 5) is 15.4. The number of hydrogen-bond donors (Lipinski definition) is 0. The molecule has 0 amide bonds. The highest BCUT2D eigenvalue weighted by Crippen LogP contribution is 2.25. The van der Waals surface area contributed by atoms with Crippen molar-refractivity contribution in [1.29, 1.82) is 0 Å². The van der Waals surface area contributed by atoms with E-state index in [9.17, 15) is 4.79 Å². The molecule has 0 bridgehead atoms. The first-order valence-electron chi connectivity index (χ1n) is 9.08. The second-order valence-corrected chi connectivity index (χ2v) is 6.75. The zero-order chi connectivity index (χ0) is 19.4. The lowest BCUT2D eigenvalue weighted by Gasteiger charge is -2.19. The summed E-state index contributed by atoms with van der Waals surface area (Å²) in [6.07, 6.45) is 0. The second kappa shape index (κ2) is 8.46. The Morgan fingerprint density at radius 3 is 2.44 bits per heavy atom. The molecule has 0 saturated heterocycles. The monoisotopic (exact) mass is 382 g/mol. The largest absolute Gasteiger partial charge is 0.296 e. The molecule has 140 valence electrons. The molecular formula is C21H23ClN4O. The lowest BCUT2D eigenvalue weighted by atomic mass is 10.0. The number of rotatable bonds is 7. The standard InChI is InChI=1S/C21H23ClN4O/c1-4-25(5-2)14-20-24-23-15(3)26(20)19-12-11-17(22)13-18(19)21(27)16-9-7-6-8-10-16/h6-13H,4-5,14H2,1-3H3. The van der Waals surface area contributed by atoms with Gasteiger partial charge in [0.2, 0.25) is 0 Å². The molecule has 0 spiro atoms. The third kappa shape index (κ3) is 4.10. The van der Waals surface area contributed by atoms with E-state index in [2.05, 4.69) is 28.9 Å². The Hall–Kier alpha value is -2.50. The minimum atomic E-state index is -0.0741. The van der Waals surface area contributed by atoms with Gasteiger partial charge >= 0.3 is 0 Å². The average molecular weight is 383 g/mol. The van der Waals surface area contributed by atoms with Crippen LogP contribution in [-0.2, 0) is 6.54 Å². The van der Waals surface area contributed by atoms with Crippen LogP contribution >= 0.6 is 11.6 Å². The Balaban J connectivity index is 2.11. The minimum absolute atomic E-state index is 0.0741. The Morgan fingerprint density at radius 2 is 1.78 bits per heavy atom. The van der Waals surface area contributed by atoms with Crippen molar-refractivity contribution in [2.75, 3.05) is 13.1 Å². The van der Waals surface area contributed by atoms with Crippen LogP contribution in [0.15, 0.2) is 48.5 Å². The van der Waals surface area contributed by atoms with Crippen LogP contribution in [0.2, 0.25) is 5.02 Å². The number of benzene rings is 2. The number of aryl methyl sites for hydroxylation is 1. The van der Waals surface area contributed by atoms with Crippen molar-refractivity contribution in [3.63, 3.8) is 0 Å². The van der Waals surface area contributed by atoms with Crippen molar-refractivity contribution in [3.8, 4) is 5.69 Å². The fourth-order valence-electron chi connectivity index (χ4n) is 3.10. The molecule has 0 aliphatic carbocycles. The fraction of sp³-hybridized carbons (Fsp3) is 0.286. The molecule has 0 unspecified atom stereocenters. The smallest absolute Gasteiger partial charge is 0.195 e. The number of halogens is 1. The molecule has 0 fully saturated rings. The van der Waals surface area contributed by atoms with Gasteiger partial charge in [-0.1, -0.05) is 55.8 Å². The van der Waals surface area contributed by atoms with Crippen molar-refractivity contribution in [2.24, 2.45) is 0 Å². The molecule has 27 heavy (non-hydrogen) atoms. The van der Waals surface area contributed by atoms with Crippen LogP contribution in [0.3, 0.4) is 0 Å². The Labute approximate surface area is 164 Å². The minimum Gasteiger partial charge on any atom is -0.296 e. The molecule has 0 atom stereocenters. The van der Waals surface area contributed by atoms with E-state index in [1.807, 2.05) is 47.9 Å².